The van der Waals surface area contributed by atoms with Gasteiger partial charge in [-0.2, -0.15) is 0 Å². The van der Waals surface area contributed by atoms with E-state index in [1.54, 1.807) is 6.07 Å². The lowest BCUT2D eigenvalue weighted by Crippen LogP contribution is -2.33. The van der Waals surface area contributed by atoms with E-state index in [9.17, 15) is 9.90 Å². The van der Waals surface area contributed by atoms with Crippen LogP contribution in [0.1, 0.15) is 5.82 Å². The topological polar surface area (TPSA) is 78.5 Å². The molecule has 0 amide bonds. The number of benzene rings is 2. The van der Waals surface area contributed by atoms with Crippen LogP contribution in [0.4, 0.5) is 0 Å². The predicted molar refractivity (Wildman–Crippen MR) is 96.6 cm³/mol. The van der Waals surface area contributed by atoms with Crippen molar-refractivity contribution in [3.05, 3.63) is 70.8 Å². The fraction of sp³-hybridized carbons (Fsp3) is 0.263. The van der Waals surface area contributed by atoms with Gasteiger partial charge in [-0.15, -0.1) is 0 Å². The normalized spacial score (nSPS) is 12.4. The molecule has 1 aromatic heterocycles. The SMILES string of the molecule is CN(Cc1nc2ccccc2c(=O)[nH]1)C[C@H](O)COc1ccccc1. The van der Waals surface area contributed by atoms with E-state index in [-0.39, 0.29) is 12.2 Å². The van der Waals surface area contributed by atoms with Gasteiger partial charge in [-0.05, 0) is 31.3 Å². The summed E-state index contributed by atoms with van der Waals surface area (Å²) < 4.78 is 5.55. The molecule has 0 radical (unpaired) electrons. The number of nitrogens with zero attached hydrogens (tertiary/aromatic N) is 2. The average Bonchev–Trinajstić information content (AvgIpc) is 2.61. The van der Waals surface area contributed by atoms with Crippen molar-refractivity contribution in [2.45, 2.75) is 12.6 Å². The van der Waals surface area contributed by atoms with Gasteiger partial charge < -0.3 is 14.8 Å². The zero-order valence-corrected chi connectivity index (χ0v) is 14.1. The maximum Gasteiger partial charge on any atom is 0.258 e. The zero-order valence-electron chi connectivity index (χ0n) is 14.1. The number of aliphatic hydroxyl groups is 1. The third-order valence-corrected chi connectivity index (χ3v) is 3.79. The van der Waals surface area contributed by atoms with E-state index < -0.39 is 6.10 Å². The molecule has 3 rings (SSSR count). The van der Waals surface area contributed by atoms with Crippen molar-refractivity contribution in [3.8, 4) is 5.75 Å². The molecule has 2 aromatic carbocycles. The molecule has 6 heteroatoms. The number of aromatic amines is 1. The van der Waals surface area contributed by atoms with Crippen LogP contribution in [0.5, 0.6) is 5.75 Å². The number of ether oxygens (including phenoxy) is 1. The number of likely N-dealkylation sites (N-methyl/N-ethyl adjacent to an activating group) is 1. The molecule has 0 bridgehead atoms. The Kier molecular flexibility index (Phi) is 5.42. The van der Waals surface area contributed by atoms with Gasteiger partial charge in [-0.1, -0.05) is 30.3 Å². The summed E-state index contributed by atoms with van der Waals surface area (Å²) >= 11 is 0. The molecule has 0 fully saturated rings. The van der Waals surface area contributed by atoms with Crippen LogP contribution in [-0.2, 0) is 6.54 Å². The van der Waals surface area contributed by atoms with Gasteiger partial charge in [-0.3, -0.25) is 9.69 Å². The van der Waals surface area contributed by atoms with Crippen molar-refractivity contribution in [1.29, 1.82) is 0 Å². The van der Waals surface area contributed by atoms with Crippen LogP contribution in [0, 0.1) is 0 Å². The van der Waals surface area contributed by atoms with Crippen LogP contribution in [0.15, 0.2) is 59.4 Å². The zero-order chi connectivity index (χ0) is 17.6. The molecule has 130 valence electrons. The first-order valence-electron chi connectivity index (χ1n) is 8.14. The maximum absolute atomic E-state index is 12.1. The first kappa shape index (κ1) is 17.1. The molecule has 0 aliphatic carbocycles. The average molecular weight is 339 g/mol. The second-order valence-corrected chi connectivity index (χ2v) is 6.00. The summed E-state index contributed by atoms with van der Waals surface area (Å²) in [7, 11) is 1.86. The maximum atomic E-state index is 12.1. The summed E-state index contributed by atoms with van der Waals surface area (Å²) in [5.41, 5.74) is 0.518. The van der Waals surface area contributed by atoms with Gasteiger partial charge in [0.1, 0.15) is 24.3 Å². The third-order valence-electron chi connectivity index (χ3n) is 3.79. The Morgan fingerprint density at radius 3 is 2.68 bits per heavy atom. The molecule has 0 spiro atoms. The highest BCUT2D eigenvalue weighted by Crippen LogP contribution is 2.09. The van der Waals surface area contributed by atoms with Crippen LogP contribution in [-0.4, -0.2) is 46.3 Å². The largest absolute Gasteiger partial charge is 0.491 e. The van der Waals surface area contributed by atoms with Crippen LogP contribution in [0.3, 0.4) is 0 Å². The molecule has 1 heterocycles. The lowest BCUT2D eigenvalue weighted by Gasteiger charge is -2.20. The first-order valence-corrected chi connectivity index (χ1v) is 8.14. The van der Waals surface area contributed by atoms with Crippen molar-refractivity contribution < 1.29 is 9.84 Å². The van der Waals surface area contributed by atoms with Gasteiger partial charge in [0, 0.05) is 6.54 Å². The molecule has 0 saturated carbocycles. The lowest BCUT2D eigenvalue weighted by molar-refractivity contribution is 0.0737. The number of nitrogens with one attached hydrogen (secondary N) is 1. The van der Waals surface area contributed by atoms with Gasteiger partial charge in [0.2, 0.25) is 0 Å². The molecule has 6 nitrogen and oxygen atoms in total. The number of hydrogen-bond donors (Lipinski definition) is 2. The number of aliphatic hydroxyl groups excluding tert-OH is 1. The van der Waals surface area contributed by atoms with E-state index >= 15 is 0 Å². The molecular formula is C19H21N3O3. The minimum atomic E-state index is -0.641. The van der Waals surface area contributed by atoms with Crippen molar-refractivity contribution in [2.24, 2.45) is 0 Å². The summed E-state index contributed by atoms with van der Waals surface area (Å²) in [5.74, 6) is 1.30. The highest BCUT2D eigenvalue weighted by molar-refractivity contribution is 5.77. The Morgan fingerprint density at radius 2 is 1.88 bits per heavy atom. The Hall–Kier alpha value is -2.70. The standard InChI is InChI=1S/C19H21N3O3/c1-22(11-14(23)13-25-15-7-3-2-4-8-15)12-18-20-17-10-6-5-9-16(17)19(24)21-18/h2-10,14,23H,11-13H2,1H3,(H,20,21,24)/t14-/m0/s1. The summed E-state index contributed by atoms with van der Waals surface area (Å²) in [4.78, 5) is 21.2. The van der Waals surface area contributed by atoms with Gasteiger partial charge >= 0.3 is 0 Å². The molecule has 2 N–H and O–H groups in total. The van der Waals surface area contributed by atoms with Crippen molar-refractivity contribution in [1.82, 2.24) is 14.9 Å². The van der Waals surface area contributed by atoms with E-state index in [0.29, 0.717) is 29.8 Å². The minimum absolute atomic E-state index is 0.151. The van der Waals surface area contributed by atoms with Gasteiger partial charge in [-0.25, -0.2) is 4.98 Å². The highest BCUT2D eigenvalue weighted by atomic mass is 16.5. The minimum Gasteiger partial charge on any atom is -0.491 e. The van der Waals surface area contributed by atoms with Gasteiger partial charge in [0.25, 0.3) is 5.56 Å². The Balaban J connectivity index is 1.57. The molecule has 25 heavy (non-hydrogen) atoms. The smallest absolute Gasteiger partial charge is 0.258 e. The molecule has 0 unspecified atom stereocenters. The molecule has 3 aromatic rings. The number of hydrogen-bond acceptors (Lipinski definition) is 5. The molecular weight excluding hydrogens is 318 g/mol. The fourth-order valence-electron chi connectivity index (χ4n) is 2.65. The van der Waals surface area contributed by atoms with E-state index in [2.05, 4.69) is 9.97 Å². The first-order chi connectivity index (χ1) is 12.1. The number of aromatic nitrogens is 2. The Bertz CT molecular complexity index is 880. The molecule has 0 saturated heterocycles. The van der Waals surface area contributed by atoms with Crippen LogP contribution in [0.2, 0.25) is 0 Å². The predicted octanol–water partition coefficient (Wildman–Crippen LogP) is 1.79. The third kappa shape index (κ3) is 4.65. The molecule has 1 atom stereocenters. The molecule has 0 aliphatic rings. The monoisotopic (exact) mass is 339 g/mol. The summed E-state index contributed by atoms with van der Waals surface area (Å²) in [6.07, 6.45) is -0.641. The fourth-order valence-corrected chi connectivity index (χ4v) is 2.65. The van der Waals surface area contributed by atoms with Crippen LogP contribution in [0.25, 0.3) is 10.9 Å². The second-order valence-electron chi connectivity index (χ2n) is 6.00. The number of rotatable bonds is 7. The van der Waals surface area contributed by atoms with E-state index in [4.69, 9.17) is 4.74 Å². The highest BCUT2D eigenvalue weighted by Gasteiger charge is 2.11. The Morgan fingerprint density at radius 1 is 1.16 bits per heavy atom. The van der Waals surface area contributed by atoms with E-state index in [1.165, 1.54) is 0 Å². The number of fused-ring (bicyclic) bond motifs is 1. The van der Waals surface area contributed by atoms with E-state index in [0.717, 1.165) is 5.75 Å². The quantitative estimate of drug-likeness (QED) is 0.686. The Labute approximate surface area is 145 Å². The van der Waals surface area contributed by atoms with Crippen LogP contribution >= 0.6 is 0 Å². The van der Waals surface area contributed by atoms with Gasteiger partial charge in [0.15, 0.2) is 0 Å². The number of H-pyrrole nitrogens is 1. The van der Waals surface area contributed by atoms with Crippen LogP contribution < -0.4 is 10.3 Å². The second kappa shape index (κ2) is 7.92. The summed E-state index contributed by atoms with van der Waals surface area (Å²) in [6, 6.07) is 16.6. The number of para-hydroxylation sites is 2. The van der Waals surface area contributed by atoms with E-state index in [1.807, 2.05) is 60.5 Å². The van der Waals surface area contributed by atoms with Crippen molar-refractivity contribution in [3.63, 3.8) is 0 Å². The van der Waals surface area contributed by atoms with Gasteiger partial charge in [0.05, 0.1) is 17.4 Å². The summed E-state index contributed by atoms with van der Waals surface area (Å²) in [5, 5.41) is 10.7. The van der Waals surface area contributed by atoms with Crippen molar-refractivity contribution >= 4 is 10.9 Å². The van der Waals surface area contributed by atoms with Crippen molar-refractivity contribution in [2.75, 3.05) is 20.2 Å². The lowest BCUT2D eigenvalue weighted by atomic mass is 10.2. The summed E-state index contributed by atoms with van der Waals surface area (Å²) in [6.45, 7) is 1.04. The molecule has 0 aliphatic heterocycles.